The number of amides is 3. The Morgan fingerprint density at radius 2 is 1.61 bits per heavy atom. The van der Waals surface area contributed by atoms with Crippen LogP contribution < -0.4 is 25.4 Å². The first-order chi connectivity index (χ1) is 22.3. The predicted octanol–water partition coefficient (Wildman–Crippen LogP) is 7.57. The van der Waals surface area contributed by atoms with E-state index in [1.165, 1.54) is 14.2 Å². The van der Waals surface area contributed by atoms with Gasteiger partial charge in [-0.3, -0.25) is 14.4 Å². The lowest BCUT2D eigenvalue weighted by atomic mass is 10.0. The first-order valence-electron chi connectivity index (χ1n) is 14.3. The van der Waals surface area contributed by atoms with E-state index in [0.29, 0.717) is 39.2 Å². The number of aromatic hydroxyl groups is 1. The van der Waals surface area contributed by atoms with Crippen molar-refractivity contribution in [3.63, 3.8) is 0 Å². The number of methoxy groups -OCH3 is 2. The third-order valence-corrected chi connectivity index (χ3v) is 7.08. The Morgan fingerprint density at radius 1 is 0.848 bits per heavy atom. The fourth-order valence-corrected chi connectivity index (χ4v) is 4.80. The van der Waals surface area contributed by atoms with Crippen LogP contribution in [-0.4, -0.2) is 37.0 Å². The molecule has 11 heteroatoms. The zero-order valence-corrected chi connectivity index (χ0v) is 25.2. The van der Waals surface area contributed by atoms with Gasteiger partial charge in [-0.05, 0) is 48.6 Å². The number of ether oxygens (including phenoxy) is 2. The molecule has 0 fully saturated rings. The lowest BCUT2D eigenvalue weighted by molar-refractivity contribution is -0.113. The first kappa shape index (κ1) is 31.2. The number of nitrogens with zero attached hydrogens (tertiary/aromatic N) is 2. The molecule has 232 valence electrons. The van der Waals surface area contributed by atoms with Gasteiger partial charge in [0.1, 0.15) is 22.9 Å². The van der Waals surface area contributed by atoms with Gasteiger partial charge in [-0.15, -0.1) is 10.2 Å². The normalized spacial score (nSPS) is 12.3. The molecule has 0 heterocycles. The number of azo groups is 1. The molecule has 5 rings (SSSR count). The lowest BCUT2D eigenvalue weighted by Crippen LogP contribution is -2.15. The van der Waals surface area contributed by atoms with Crippen molar-refractivity contribution in [1.82, 2.24) is 0 Å². The van der Waals surface area contributed by atoms with Gasteiger partial charge in [-0.2, -0.15) is 0 Å². The molecule has 0 saturated heterocycles. The van der Waals surface area contributed by atoms with Crippen LogP contribution in [0.25, 0.3) is 10.8 Å². The molecular weight excluding hydrogens is 586 g/mol. The van der Waals surface area contributed by atoms with Gasteiger partial charge >= 0.3 is 0 Å². The third-order valence-electron chi connectivity index (χ3n) is 7.08. The molecule has 1 aliphatic carbocycles. The SMILES string of the molecule is C=CC(=O)Nc1cccc(NC(=O)c2cc3ccccc3c(N=Nc3cc(OC)c(NC(=O)C4=CCCC=C4)cc3OC)c2O)c1. The van der Waals surface area contributed by atoms with Crippen molar-refractivity contribution in [2.24, 2.45) is 10.2 Å². The van der Waals surface area contributed by atoms with Crippen LogP contribution in [-0.2, 0) is 9.59 Å². The average molecular weight is 618 g/mol. The van der Waals surface area contributed by atoms with Gasteiger partial charge in [0.2, 0.25) is 5.91 Å². The highest BCUT2D eigenvalue weighted by molar-refractivity contribution is 6.12. The Labute approximate surface area is 264 Å². The Morgan fingerprint density at radius 3 is 2.33 bits per heavy atom. The zero-order valence-electron chi connectivity index (χ0n) is 25.2. The number of fused-ring (bicyclic) bond motifs is 1. The fourth-order valence-electron chi connectivity index (χ4n) is 4.80. The molecule has 0 radical (unpaired) electrons. The summed E-state index contributed by atoms with van der Waals surface area (Å²) in [6.07, 6.45) is 8.40. The Balaban J connectivity index is 1.48. The zero-order chi connectivity index (χ0) is 32.6. The molecule has 0 saturated carbocycles. The summed E-state index contributed by atoms with van der Waals surface area (Å²) in [7, 11) is 2.91. The topological polar surface area (TPSA) is 151 Å². The van der Waals surface area contributed by atoms with Crippen LogP contribution in [0.5, 0.6) is 17.2 Å². The van der Waals surface area contributed by atoms with Gasteiger partial charge in [0.05, 0.1) is 25.5 Å². The largest absolute Gasteiger partial charge is 0.505 e. The molecule has 46 heavy (non-hydrogen) atoms. The van der Waals surface area contributed by atoms with Crippen molar-refractivity contribution < 1.29 is 29.0 Å². The lowest BCUT2D eigenvalue weighted by Gasteiger charge is -2.15. The second-order valence-corrected chi connectivity index (χ2v) is 10.1. The van der Waals surface area contributed by atoms with E-state index in [1.54, 1.807) is 72.8 Å². The van der Waals surface area contributed by atoms with E-state index in [1.807, 2.05) is 12.2 Å². The summed E-state index contributed by atoms with van der Waals surface area (Å²) in [5.41, 5.74) is 2.05. The van der Waals surface area contributed by atoms with Crippen LogP contribution in [0.4, 0.5) is 28.4 Å². The quantitative estimate of drug-likeness (QED) is 0.106. The van der Waals surface area contributed by atoms with E-state index in [0.717, 1.165) is 18.9 Å². The van der Waals surface area contributed by atoms with Crippen molar-refractivity contribution in [2.75, 3.05) is 30.2 Å². The molecule has 0 atom stereocenters. The minimum Gasteiger partial charge on any atom is -0.505 e. The number of phenols is 1. The molecule has 11 nitrogen and oxygen atoms in total. The number of carbonyl (C=O) groups excluding carboxylic acids is 3. The van der Waals surface area contributed by atoms with E-state index < -0.39 is 11.8 Å². The van der Waals surface area contributed by atoms with Gasteiger partial charge in [-0.1, -0.05) is 55.1 Å². The van der Waals surface area contributed by atoms with Crippen LogP contribution in [0.2, 0.25) is 0 Å². The highest BCUT2D eigenvalue weighted by Gasteiger charge is 2.20. The highest BCUT2D eigenvalue weighted by Crippen LogP contribution is 2.43. The van der Waals surface area contributed by atoms with Crippen LogP contribution in [0, 0.1) is 0 Å². The van der Waals surface area contributed by atoms with Gasteiger partial charge in [-0.25, -0.2) is 0 Å². The van der Waals surface area contributed by atoms with E-state index in [-0.39, 0.29) is 34.3 Å². The Kier molecular flexibility index (Phi) is 9.52. The number of hydrogen-bond donors (Lipinski definition) is 4. The van der Waals surface area contributed by atoms with Crippen LogP contribution >= 0.6 is 0 Å². The first-order valence-corrected chi connectivity index (χ1v) is 14.3. The summed E-state index contributed by atoms with van der Waals surface area (Å²) in [6, 6.07) is 18.4. The van der Waals surface area contributed by atoms with Crippen LogP contribution in [0.3, 0.4) is 0 Å². The van der Waals surface area contributed by atoms with Gasteiger partial charge in [0, 0.05) is 34.5 Å². The van der Waals surface area contributed by atoms with Gasteiger partial charge in [0.25, 0.3) is 11.8 Å². The average Bonchev–Trinajstić information content (AvgIpc) is 3.08. The number of nitrogens with one attached hydrogen (secondary N) is 3. The predicted molar refractivity (Wildman–Crippen MR) is 178 cm³/mol. The molecule has 4 aromatic rings. The molecule has 0 spiro atoms. The number of benzene rings is 4. The van der Waals surface area contributed by atoms with Gasteiger partial charge in [0.15, 0.2) is 5.75 Å². The summed E-state index contributed by atoms with van der Waals surface area (Å²) < 4.78 is 11.1. The number of allylic oxidation sites excluding steroid dienone is 2. The molecule has 4 aromatic carbocycles. The number of rotatable bonds is 10. The van der Waals surface area contributed by atoms with Crippen LogP contribution in [0.1, 0.15) is 23.2 Å². The smallest absolute Gasteiger partial charge is 0.259 e. The van der Waals surface area contributed by atoms with E-state index in [4.69, 9.17) is 9.47 Å². The van der Waals surface area contributed by atoms with Crippen molar-refractivity contribution in [1.29, 1.82) is 0 Å². The summed E-state index contributed by atoms with van der Waals surface area (Å²) in [4.78, 5) is 37.9. The minimum atomic E-state index is -0.603. The summed E-state index contributed by atoms with van der Waals surface area (Å²) >= 11 is 0. The molecule has 0 unspecified atom stereocenters. The highest BCUT2D eigenvalue weighted by atomic mass is 16.5. The van der Waals surface area contributed by atoms with Crippen molar-refractivity contribution in [2.45, 2.75) is 12.8 Å². The summed E-state index contributed by atoms with van der Waals surface area (Å²) in [5, 5.41) is 29.5. The second-order valence-electron chi connectivity index (χ2n) is 10.1. The fraction of sp³-hybridized carbons (Fsp3) is 0.114. The van der Waals surface area contributed by atoms with Crippen molar-refractivity contribution >= 4 is 56.9 Å². The molecule has 0 bridgehead atoms. The Hall–Kier alpha value is -6.23. The molecule has 4 N–H and O–H groups in total. The number of carbonyl (C=O) groups is 3. The maximum absolute atomic E-state index is 13.4. The van der Waals surface area contributed by atoms with E-state index in [2.05, 4.69) is 32.8 Å². The molecular formula is C35H31N5O6. The standard InChI is InChI=1S/C35H31N5O6/c1-4-31(41)36-23-14-10-15-24(18-23)37-35(44)26-17-22-13-8-9-16-25(22)32(33(26)42)40-39-28-20-29(45-2)27(19-30(28)46-3)38-34(43)21-11-6-5-7-12-21/h4,6,8-20,42H,1,5,7H2,2-3H3,(H,36,41)(H,37,44)(H,38,43). The number of anilines is 3. The summed E-state index contributed by atoms with van der Waals surface area (Å²) in [5.74, 6) is -1.07. The molecule has 0 aliphatic heterocycles. The van der Waals surface area contributed by atoms with Crippen molar-refractivity contribution in [3.8, 4) is 17.2 Å². The number of hydrogen-bond acceptors (Lipinski definition) is 8. The molecule has 3 amide bonds. The maximum atomic E-state index is 13.4. The Bertz CT molecular complexity index is 1950. The van der Waals surface area contributed by atoms with E-state index in [9.17, 15) is 19.5 Å². The van der Waals surface area contributed by atoms with E-state index >= 15 is 0 Å². The number of phenolic OH excluding ortho intramolecular Hbond substituents is 1. The maximum Gasteiger partial charge on any atom is 0.259 e. The van der Waals surface area contributed by atoms with Crippen LogP contribution in [0.15, 0.2) is 113 Å². The molecule has 1 aliphatic rings. The summed E-state index contributed by atoms with van der Waals surface area (Å²) in [6.45, 7) is 3.43. The third kappa shape index (κ3) is 6.94. The second kappa shape index (κ2) is 14.0. The molecule has 0 aromatic heterocycles. The van der Waals surface area contributed by atoms with Crippen molar-refractivity contribution in [3.05, 3.63) is 109 Å². The minimum absolute atomic E-state index is 0.0400. The van der Waals surface area contributed by atoms with Gasteiger partial charge < -0.3 is 30.5 Å². The monoisotopic (exact) mass is 617 g/mol.